The van der Waals surface area contributed by atoms with Gasteiger partial charge in [-0.3, -0.25) is 9.80 Å². The molecule has 0 bridgehead atoms. The third-order valence-corrected chi connectivity index (χ3v) is 5.05. The second-order valence-electron chi connectivity index (χ2n) is 6.50. The van der Waals surface area contributed by atoms with Crippen molar-refractivity contribution >= 4 is 0 Å². The van der Waals surface area contributed by atoms with E-state index in [9.17, 15) is 0 Å². The van der Waals surface area contributed by atoms with E-state index >= 15 is 0 Å². The Bertz CT molecular complexity index is 430. The zero-order valence-electron chi connectivity index (χ0n) is 13.5. The Morgan fingerprint density at radius 2 is 1.76 bits per heavy atom. The highest BCUT2D eigenvalue weighted by Gasteiger charge is 2.31. The first-order valence-corrected chi connectivity index (χ1v) is 8.52. The lowest BCUT2D eigenvalue weighted by atomic mass is 10.0. The summed E-state index contributed by atoms with van der Waals surface area (Å²) in [6.45, 7) is 8.31. The van der Waals surface area contributed by atoms with Crippen molar-refractivity contribution in [2.75, 3.05) is 39.8 Å². The normalized spacial score (nSPS) is 22.4. The molecule has 0 radical (unpaired) electrons. The second-order valence-corrected chi connectivity index (χ2v) is 6.50. The Labute approximate surface area is 129 Å². The molecule has 3 nitrogen and oxygen atoms in total. The van der Waals surface area contributed by atoms with E-state index in [4.69, 9.17) is 0 Å². The number of hydrogen-bond acceptors (Lipinski definition) is 3. The Morgan fingerprint density at radius 3 is 2.29 bits per heavy atom. The molecule has 1 heterocycles. The average Bonchev–Trinajstić information content (AvgIpc) is 3.38. The van der Waals surface area contributed by atoms with Crippen molar-refractivity contribution in [1.82, 2.24) is 15.1 Å². The van der Waals surface area contributed by atoms with Gasteiger partial charge in [-0.2, -0.15) is 0 Å². The molecule has 1 aliphatic carbocycles. The van der Waals surface area contributed by atoms with Crippen molar-refractivity contribution in [1.29, 1.82) is 0 Å². The molecule has 0 amide bonds. The lowest BCUT2D eigenvalue weighted by molar-refractivity contribution is 0.118. The van der Waals surface area contributed by atoms with E-state index in [0.717, 1.165) is 19.0 Å². The van der Waals surface area contributed by atoms with Gasteiger partial charge in [0.25, 0.3) is 0 Å². The predicted molar refractivity (Wildman–Crippen MR) is 88.7 cm³/mol. The Hall–Kier alpha value is -0.900. The number of aryl methyl sites for hydroxylation is 1. The molecule has 1 saturated heterocycles. The van der Waals surface area contributed by atoms with Crippen LogP contribution in [0.4, 0.5) is 0 Å². The monoisotopic (exact) mass is 287 g/mol. The number of likely N-dealkylation sites (N-methyl/N-ethyl adjacent to an activating group) is 1. The summed E-state index contributed by atoms with van der Waals surface area (Å²) in [5.74, 6) is 0. The fraction of sp³-hybridized carbons (Fsp3) is 0.667. The van der Waals surface area contributed by atoms with Crippen molar-refractivity contribution in [3.8, 4) is 0 Å². The van der Waals surface area contributed by atoms with E-state index in [-0.39, 0.29) is 0 Å². The minimum absolute atomic E-state index is 0.448. The van der Waals surface area contributed by atoms with E-state index in [2.05, 4.69) is 53.4 Å². The number of nitrogens with one attached hydrogen (secondary N) is 1. The first-order chi connectivity index (χ1) is 10.3. The molecule has 2 aliphatic rings. The Balaban J connectivity index is 1.53. The summed E-state index contributed by atoms with van der Waals surface area (Å²) >= 11 is 0. The molecule has 0 aromatic heterocycles. The van der Waals surface area contributed by atoms with Gasteiger partial charge in [0.05, 0.1) is 0 Å². The average molecular weight is 287 g/mol. The molecule has 3 heteroatoms. The Morgan fingerprint density at radius 1 is 1.10 bits per heavy atom. The highest BCUT2D eigenvalue weighted by Crippen LogP contribution is 2.27. The van der Waals surface area contributed by atoms with Crippen LogP contribution in [0.3, 0.4) is 0 Å². The maximum atomic E-state index is 3.49. The number of piperazine rings is 1. The molecule has 1 unspecified atom stereocenters. The Kier molecular flexibility index (Phi) is 4.94. The summed E-state index contributed by atoms with van der Waals surface area (Å²) in [5.41, 5.74) is 2.84. The fourth-order valence-corrected chi connectivity index (χ4v) is 3.36. The molecule has 2 fully saturated rings. The minimum Gasteiger partial charge on any atom is -0.312 e. The number of benzene rings is 1. The third kappa shape index (κ3) is 3.85. The van der Waals surface area contributed by atoms with Crippen LogP contribution in [0.1, 0.15) is 36.9 Å². The molecule has 0 spiro atoms. The van der Waals surface area contributed by atoms with Crippen LogP contribution in [0.5, 0.6) is 0 Å². The van der Waals surface area contributed by atoms with Crippen LogP contribution in [-0.4, -0.2) is 55.6 Å². The molecule has 116 valence electrons. The predicted octanol–water partition coefficient (Wildman–Crippen LogP) is 2.29. The van der Waals surface area contributed by atoms with Crippen molar-refractivity contribution in [3.05, 3.63) is 35.4 Å². The van der Waals surface area contributed by atoms with E-state index in [0.29, 0.717) is 6.04 Å². The molecule has 1 N–H and O–H groups in total. The van der Waals surface area contributed by atoms with Crippen LogP contribution in [0.2, 0.25) is 0 Å². The van der Waals surface area contributed by atoms with Crippen molar-refractivity contribution in [2.24, 2.45) is 0 Å². The smallest absolute Gasteiger partial charge is 0.0446 e. The van der Waals surface area contributed by atoms with Gasteiger partial charge >= 0.3 is 0 Å². The van der Waals surface area contributed by atoms with E-state index in [1.807, 2.05) is 0 Å². The fourth-order valence-electron chi connectivity index (χ4n) is 3.36. The number of hydrogen-bond donors (Lipinski definition) is 1. The van der Waals surface area contributed by atoms with Gasteiger partial charge in [-0.1, -0.05) is 31.2 Å². The lowest BCUT2D eigenvalue weighted by Gasteiger charge is -2.36. The molecular formula is C18H29N3. The lowest BCUT2D eigenvalue weighted by Crippen LogP contribution is -2.49. The molecule has 1 saturated carbocycles. The van der Waals surface area contributed by atoms with Gasteiger partial charge in [0.15, 0.2) is 0 Å². The van der Waals surface area contributed by atoms with Gasteiger partial charge < -0.3 is 5.32 Å². The SMILES string of the molecule is CCc1ccc(C(CN2CCN(C3CC3)CC2)NC)cc1. The van der Waals surface area contributed by atoms with Crippen LogP contribution >= 0.6 is 0 Å². The molecule has 21 heavy (non-hydrogen) atoms. The summed E-state index contributed by atoms with van der Waals surface area (Å²) in [6, 6.07) is 10.5. The van der Waals surface area contributed by atoms with E-state index in [1.54, 1.807) is 0 Å². The molecule has 3 rings (SSSR count). The van der Waals surface area contributed by atoms with Gasteiger partial charge in [0, 0.05) is 44.8 Å². The zero-order valence-corrected chi connectivity index (χ0v) is 13.5. The van der Waals surface area contributed by atoms with Crippen LogP contribution < -0.4 is 5.32 Å². The maximum Gasteiger partial charge on any atom is 0.0446 e. The summed E-state index contributed by atoms with van der Waals surface area (Å²) < 4.78 is 0. The standard InChI is InChI=1S/C18H29N3/c1-3-15-4-6-16(7-5-15)18(19-2)14-20-10-12-21(13-11-20)17-8-9-17/h4-7,17-19H,3,8-14H2,1-2H3. The summed E-state index contributed by atoms with van der Waals surface area (Å²) in [6.07, 6.45) is 3.99. The molecular weight excluding hydrogens is 258 g/mol. The zero-order chi connectivity index (χ0) is 14.7. The second kappa shape index (κ2) is 6.91. The topological polar surface area (TPSA) is 18.5 Å². The number of rotatable bonds is 6. The minimum atomic E-state index is 0.448. The van der Waals surface area contributed by atoms with Gasteiger partial charge in [-0.25, -0.2) is 0 Å². The van der Waals surface area contributed by atoms with Crippen molar-refractivity contribution in [3.63, 3.8) is 0 Å². The first kappa shape index (κ1) is 15.0. The maximum absolute atomic E-state index is 3.49. The quantitative estimate of drug-likeness (QED) is 0.866. The van der Waals surface area contributed by atoms with Gasteiger partial charge in [-0.15, -0.1) is 0 Å². The molecule has 1 atom stereocenters. The summed E-state index contributed by atoms with van der Waals surface area (Å²) in [4.78, 5) is 5.30. The molecule has 1 aromatic carbocycles. The summed E-state index contributed by atoms with van der Waals surface area (Å²) in [7, 11) is 2.08. The van der Waals surface area contributed by atoms with Crippen LogP contribution in [0.25, 0.3) is 0 Å². The van der Waals surface area contributed by atoms with E-state index < -0.39 is 0 Å². The van der Waals surface area contributed by atoms with Crippen LogP contribution in [-0.2, 0) is 6.42 Å². The first-order valence-electron chi connectivity index (χ1n) is 8.52. The number of nitrogens with zero attached hydrogens (tertiary/aromatic N) is 2. The highest BCUT2D eigenvalue weighted by atomic mass is 15.3. The van der Waals surface area contributed by atoms with Gasteiger partial charge in [0.2, 0.25) is 0 Å². The summed E-state index contributed by atoms with van der Waals surface area (Å²) in [5, 5.41) is 3.49. The third-order valence-electron chi connectivity index (χ3n) is 5.05. The van der Waals surface area contributed by atoms with Crippen molar-refractivity contribution in [2.45, 2.75) is 38.3 Å². The highest BCUT2D eigenvalue weighted by molar-refractivity contribution is 5.25. The largest absolute Gasteiger partial charge is 0.312 e. The van der Waals surface area contributed by atoms with Gasteiger partial charge in [-0.05, 0) is 37.4 Å². The molecule has 1 aromatic rings. The van der Waals surface area contributed by atoms with Crippen LogP contribution in [0, 0.1) is 0 Å². The van der Waals surface area contributed by atoms with E-state index in [1.165, 1.54) is 50.1 Å². The molecule has 1 aliphatic heterocycles. The van der Waals surface area contributed by atoms with Gasteiger partial charge in [0.1, 0.15) is 0 Å². The van der Waals surface area contributed by atoms with Crippen molar-refractivity contribution < 1.29 is 0 Å². The van der Waals surface area contributed by atoms with Crippen LogP contribution in [0.15, 0.2) is 24.3 Å².